The van der Waals surface area contributed by atoms with E-state index in [-0.39, 0.29) is 0 Å². The molecule has 0 aliphatic heterocycles. The van der Waals surface area contributed by atoms with Gasteiger partial charge < -0.3 is 10.5 Å². The number of nitrogen functional groups attached to an aromatic ring is 1. The van der Waals surface area contributed by atoms with E-state index in [1.807, 2.05) is 24.3 Å². The minimum absolute atomic E-state index is 0.420. The lowest BCUT2D eigenvalue weighted by Crippen LogP contribution is -2.00. The van der Waals surface area contributed by atoms with E-state index >= 15 is 0 Å². The molecule has 106 valence electrons. The van der Waals surface area contributed by atoms with Gasteiger partial charge in [0.15, 0.2) is 0 Å². The zero-order chi connectivity index (χ0) is 14.5. The van der Waals surface area contributed by atoms with Crippen LogP contribution in [-0.4, -0.2) is 6.61 Å². The van der Waals surface area contributed by atoms with Crippen molar-refractivity contribution in [3.05, 3.63) is 57.0 Å². The zero-order valence-corrected chi connectivity index (χ0v) is 13.0. The summed E-state index contributed by atoms with van der Waals surface area (Å²) in [6.07, 6.45) is 1.75. The average molecular weight is 331 g/mol. The first-order chi connectivity index (χ1) is 9.56. The number of rotatable bonds is 5. The van der Waals surface area contributed by atoms with Crippen molar-refractivity contribution in [3.63, 3.8) is 0 Å². The molecule has 0 saturated carbocycles. The number of benzene rings is 2. The van der Waals surface area contributed by atoms with Crippen molar-refractivity contribution in [3.8, 4) is 5.75 Å². The molecular formula is C15H14Cl3NO. The standard InChI is InChI=1S/C15H14Cl3NO/c16-12-8-14(18)15(9-13(12)17)20-6-2-4-10-3-1-5-11(19)7-10/h1,3,5,7-9H,2,4,6,19H2. The maximum absolute atomic E-state index is 6.03. The fraction of sp³-hybridized carbons (Fsp3) is 0.200. The molecule has 0 fully saturated rings. The average Bonchev–Trinajstić information content (AvgIpc) is 2.40. The second-order valence-corrected chi connectivity index (χ2v) is 5.62. The summed E-state index contributed by atoms with van der Waals surface area (Å²) in [5.74, 6) is 0.550. The summed E-state index contributed by atoms with van der Waals surface area (Å²) in [5, 5.41) is 1.31. The van der Waals surface area contributed by atoms with Gasteiger partial charge in [0.2, 0.25) is 0 Å². The topological polar surface area (TPSA) is 35.2 Å². The number of halogens is 3. The van der Waals surface area contributed by atoms with E-state index < -0.39 is 0 Å². The monoisotopic (exact) mass is 329 g/mol. The molecule has 0 radical (unpaired) electrons. The van der Waals surface area contributed by atoms with Crippen LogP contribution in [0.25, 0.3) is 0 Å². The molecule has 2 N–H and O–H groups in total. The predicted octanol–water partition coefficient (Wildman–Crippen LogP) is 5.24. The molecule has 0 unspecified atom stereocenters. The summed E-state index contributed by atoms with van der Waals surface area (Å²) in [5.41, 5.74) is 7.69. The molecule has 2 aromatic carbocycles. The number of hydrogen-bond donors (Lipinski definition) is 1. The van der Waals surface area contributed by atoms with Gasteiger partial charge in [0.1, 0.15) is 5.75 Å². The molecular weight excluding hydrogens is 317 g/mol. The lowest BCUT2D eigenvalue weighted by molar-refractivity contribution is 0.311. The minimum atomic E-state index is 0.420. The Morgan fingerprint density at radius 2 is 1.70 bits per heavy atom. The highest BCUT2D eigenvalue weighted by Gasteiger charge is 2.07. The maximum Gasteiger partial charge on any atom is 0.139 e. The van der Waals surface area contributed by atoms with Crippen molar-refractivity contribution < 1.29 is 4.74 Å². The smallest absolute Gasteiger partial charge is 0.139 e. The largest absolute Gasteiger partial charge is 0.492 e. The van der Waals surface area contributed by atoms with Crippen LogP contribution in [0.15, 0.2) is 36.4 Å². The van der Waals surface area contributed by atoms with Gasteiger partial charge in [-0.3, -0.25) is 0 Å². The van der Waals surface area contributed by atoms with Crippen molar-refractivity contribution in [1.82, 2.24) is 0 Å². The van der Waals surface area contributed by atoms with Gasteiger partial charge in [-0.15, -0.1) is 0 Å². The Labute approximate surface area is 133 Å². The van der Waals surface area contributed by atoms with Crippen LogP contribution >= 0.6 is 34.8 Å². The van der Waals surface area contributed by atoms with Gasteiger partial charge >= 0.3 is 0 Å². The molecule has 0 aromatic heterocycles. The van der Waals surface area contributed by atoms with Crippen molar-refractivity contribution in [2.45, 2.75) is 12.8 Å². The first kappa shape index (κ1) is 15.3. The molecule has 2 nitrogen and oxygen atoms in total. The van der Waals surface area contributed by atoms with Crippen LogP contribution in [0, 0.1) is 0 Å². The van der Waals surface area contributed by atoms with Gasteiger partial charge in [-0.1, -0.05) is 46.9 Å². The van der Waals surface area contributed by atoms with Gasteiger partial charge in [-0.2, -0.15) is 0 Å². The Balaban J connectivity index is 1.86. The van der Waals surface area contributed by atoms with E-state index in [0.29, 0.717) is 27.4 Å². The van der Waals surface area contributed by atoms with Gasteiger partial charge in [0.05, 0.1) is 21.7 Å². The summed E-state index contributed by atoms with van der Waals surface area (Å²) >= 11 is 17.8. The maximum atomic E-state index is 6.03. The van der Waals surface area contributed by atoms with Crippen LogP contribution in [0.5, 0.6) is 5.75 Å². The van der Waals surface area contributed by atoms with Crippen LogP contribution in [0.1, 0.15) is 12.0 Å². The van der Waals surface area contributed by atoms with Crippen LogP contribution in [0.4, 0.5) is 5.69 Å². The van der Waals surface area contributed by atoms with Gasteiger partial charge in [-0.25, -0.2) is 0 Å². The Morgan fingerprint density at radius 3 is 2.45 bits per heavy atom. The van der Waals surface area contributed by atoms with Crippen molar-refractivity contribution in [1.29, 1.82) is 0 Å². The van der Waals surface area contributed by atoms with Crippen LogP contribution in [0.2, 0.25) is 15.1 Å². The summed E-state index contributed by atoms with van der Waals surface area (Å²) in [6, 6.07) is 11.0. The minimum Gasteiger partial charge on any atom is -0.492 e. The molecule has 0 amide bonds. The Morgan fingerprint density at radius 1 is 0.950 bits per heavy atom. The highest BCUT2D eigenvalue weighted by Crippen LogP contribution is 2.33. The zero-order valence-electron chi connectivity index (χ0n) is 10.7. The Bertz CT molecular complexity index is 602. The first-order valence-corrected chi connectivity index (χ1v) is 7.31. The fourth-order valence-electron chi connectivity index (χ4n) is 1.82. The van der Waals surface area contributed by atoms with Gasteiger partial charge in [-0.05, 0) is 36.6 Å². The lowest BCUT2D eigenvalue weighted by atomic mass is 10.1. The van der Waals surface area contributed by atoms with Gasteiger partial charge in [0.25, 0.3) is 0 Å². The van der Waals surface area contributed by atoms with Crippen molar-refractivity contribution >= 4 is 40.5 Å². The third-order valence-corrected chi connectivity index (χ3v) is 3.81. The SMILES string of the molecule is Nc1cccc(CCCOc2cc(Cl)c(Cl)cc2Cl)c1. The van der Waals surface area contributed by atoms with E-state index in [9.17, 15) is 0 Å². The van der Waals surface area contributed by atoms with Crippen LogP contribution in [-0.2, 0) is 6.42 Å². The summed E-state index contributed by atoms with van der Waals surface area (Å²) in [7, 11) is 0. The van der Waals surface area contributed by atoms with Crippen LogP contribution in [0.3, 0.4) is 0 Å². The molecule has 2 rings (SSSR count). The molecule has 20 heavy (non-hydrogen) atoms. The third-order valence-electron chi connectivity index (χ3n) is 2.79. The van der Waals surface area contributed by atoms with E-state index in [1.165, 1.54) is 5.56 Å². The molecule has 0 bridgehead atoms. The van der Waals surface area contributed by atoms with Crippen molar-refractivity contribution in [2.75, 3.05) is 12.3 Å². The number of aryl methyl sites for hydroxylation is 1. The molecule has 0 saturated heterocycles. The normalized spacial score (nSPS) is 10.6. The first-order valence-electron chi connectivity index (χ1n) is 6.18. The number of hydrogen-bond acceptors (Lipinski definition) is 2. The fourth-order valence-corrected chi connectivity index (χ4v) is 2.41. The quantitative estimate of drug-likeness (QED) is 0.462. The van der Waals surface area contributed by atoms with Crippen LogP contribution < -0.4 is 10.5 Å². The number of ether oxygens (including phenoxy) is 1. The van der Waals surface area contributed by atoms with Crippen molar-refractivity contribution in [2.24, 2.45) is 0 Å². The summed E-state index contributed by atoms with van der Waals surface area (Å²) in [6.45, 7) is 0.548. The molecule has 0 atom stereocenters. The summed E-state index contributed by atoms with van der Waals surface area (Å²) < 4.78 is 5.62. The molecule has 0 aliphatic rings. The highest BCUT2D eigenvalue weighted by atomic mass is 35.5. The van der Waals surface area contributed by atoms with Gasteiger partial charge in [0, 0.05) is 11.8 Å². The summed E-state index contributed by atoms with van der Waals surface area (Å²) in [4.78, 5) is 0. The Hall–Kier alpha value is -1.09. The molecule has 0 spiro atoms. The second kappa shape index (κ2) is 7.07. The number of nitrogens with two attached hydrogens (primary N) is 1. The Kier molecular flexibility index (Phi) is 5.41. The van der Waals surface area contributed by atoms with E-state index in [2.05, 4.69) is 0 Å². The number of anilines is 1. The molecule has 0 aliphatic carbocycles. The molecule has 0 heterocycles. The second-order valence-electron chi connectivity index (χ2n) is 4.39. The molecule has 2 aromatic rings. The van der Waals surface area contributed by atoms with E-state index in [4.69, 9.17) is 45.3 Å². The highest BCUT2D eigenvalue weighted by molar-refractivity contribution is 6.43. The van der Waals surface area contributed by atoms with E-state index in [1.54, 1.807) is 12.1 Å². The predicted molar refractivity (Wildman–Crippen MR) is 86.1 cm³/mol. The lowest BCUT2D eigenvalue weighted by Gasteiger charge is -2.09. The molecule has 5 heteroatoms. The third kappa shape index (κ3) is 4.20. The van der Waals surface area contributed by atoms with E-state index in [0.717, 1.165) is 18.5 Å².